The first-order valence-electron chi connectivity index (χ1n) is 7.00. The van der Waals surface area contributed by atoms with Gasteiger partial charge in [-0.15, -0.1) is 0 Å². The summed E-state index contributed by atoms with van der Waals surface area (Å²) >= 11 is 0. The van der Waals surface area contributed by atoms with E-state index in [1.54, 1.807) is 0 Å². The van der Waals surface area contributed by atoms with E-state index in [1.807, 2.05) is 0 Å². The lowest BCUT2D eigenvalue weighted by molar-refractivity contribution is 0.122. The van der Waals surface area contributed by atoms with E-state index in [0.29, 0.717) is 0 Å². The molecule has 1 aliphatic carbocycles. The topological polar surface area (TPSA) is 38.5 Å². The lowest BCUT2D eigenvalue weighted by atomic mass is 9.89. The molecule has 2 aliphatic rings. The molecule has 98 valence electrons. The highest BCUT2D eigenvalue weighted by Gasteiger charge is 2.31. The van der Waals surface area contributed by atoms with Crippen molar-refractivity contribution < 1.29 is 4.74 Å². The van der Waals surface area contributed by atoms with Crippen LogP contribution in [0.15, 0.2) is 24.3 Å². The average molecular weight is 246 g/mol. The number of anilines is 1. The maximum absolute atomic E-state index is 6.54. The number of nitrogens with zero attached hydrogens (tertiary/aromatic N) is 1. The van der Waals surface area contributed by atoms with Gasteiger partial charge in [-0.25, -0.2) is 0 Å². The summed E-state index contributed by atoms with van der Waals surface area (Å²) in [7, 11) is 0. The first kappa shape index (κ1) is 12.0. The number of hydrogen-bond acceptors (Lipinski definition) is 3. The number of ether oxygens (including phenoxy) is 1. The van der Waals surface area contributed by atoms with E-state index < -0.39 is 0 Å². The third kappa shape index (κ3) is 2.25. The lowest BCUT2D eigenvalue weighted by Crippen LogP contribution is -2.37. The maximum atomic E-state index is 6.54. The van der Waals surface area contributed by atoms with Gasteiger partial charge in [0.1, 0.15) is 0 Å². The molecule has 0 atom stereocenters. The highest BCUT2D eigenvalue weighted by molar-refractivity contribution is 5.50. The van der Waals surface area contributed by atoms with Gasteiger partial charge < -0.3 is 15.4 Å². The van der Waals surface area contributed by atoms with Crippen LogP contribution in [0.4, 0.5) is 5.69 Å². The van der Waals surface area contributed by atoms with E-state index in [1.165, 1.54) is 24.1 Å². The molecule has 3 heteroatoms. The van der Waals surface area contributed by atoms with Gasteiger partial charge in [-0.1, -0.05) is 25.0 Å². The Kier molecular flexibility index (Phi) is 3.27. The molecule has 1 aliphatic heterocycles. The number of morpholine rings is 1. The number of nitrogens with two attached hydrogens (primary N) is 1. The van der Waals surface area contributed by atoms with Gasteiger partial charge in [-0.05, 0) is 30.5 Å². The summed E-state index contributed by atoms with van der Waals surface area (Å²) in [4.78, 5) is 2.39. The van der Waals surface area contributed by atoms with Crippen molar-refractivity contribution in [2.24, 2.45) is 5.73 Å². The minimum absolute atomic E-state index is 0.0811. The summed E-state index contributed by atoms with van der Waals surface area (Å²) < 4.78 is 5.40. The van der Waals surface area contributed by atoms with Gasteiger partial charge in [0.2, 0.25) is 0 Å². The molecule has 1 heterocycles. The summed E-state index contributed by atoms with van der Waals surface area (Å²) in [5, 5.41) is 0. The molecule has 0 spiro atoms. The third-order valence-electron chi connectivity index (χ3n) is 4.29. The van der Waals surface area contributed by atoms with Crippen molar-refractivity contribution in [1.29, 1.82) is 0 Å². The molecule has 0 bridgehead atoms. The Morgan fingerprint density at radius 3 is 2.56 bits per heavy atom. The van der Waals surface area contributed by atoms with E-state index >= 15 is 0 Å². The van der Waals surface area contributed by atoms with E-state index in [4.69, 9.17) is 10.5 Å². The summed E-state index contributed by atoms with van der Waals surface area (Å²) in [5.41, 5.74) is 9.06. The van der Waals surface area contributed by atoms with Crippen molar-refractivity contribution in [1.82, 2.24) is 0 Å². The second-order valence-corrected chi connectivity index (χ2v) is 5.51. The van der Waals surface area contributed by atoms with Crippen LogP contribution in [0.5, 0.6) is 0 Å². The molecule has 1 aromatic carbocycles. The van der Waals surface area contributed by atoms with Gasteiger partial charge in [0.15, 0.2) is 0 Å². The fourth-order valence-corrected chi connectivity index (χ4v) is 3.13. The van der Waals surface area contributed by atoms with Gasteiger partial charge in [-0.3, -0.25) is 0 Å². The molecule has 1 saturated heterocycles. The Morgan fingerprint density at radius 1 is 1.11 bits per heavy atom. The smallest absolute Gasteiger partial charge is 0.0642 e. The molecule has 18 heavy (non-hydrogen) atoms. The average Bonchev–Trinajstić information content (AvgIpc) is 2.88. The Morgan fingerprint density at radius 2 is 1.83 bits per heavy atom. The molecule has 0 radical (unpaired) electrons. The summed E-state index contributed by atoms with van der Waals surface area (Å²) in [6.07, 6.45) is 4.77. The van der Waals surface area contributed by atoms with Crippen LogP contribution in [0.25, 0.3) is 0 Å². The zero-order valence-electron chi connectivity index (χ0n) is 10.9. The predicted molar refractivity (Wildman–Crippen MR) is 73.8 cm³/mol. The molecule has 2 N–H and O–H groups in total. The SMILES string of the molecule is NC1(c2cccc(N3CCOCC3)c2)CCCC1. The quantitative estimate of drug-likeness (QED) is 0.870. The second-order valence-electron chi connectivity index (χ2n) is 5.51. The van der Waals surface area contributed by atoms with Gasteiger partial charge >= 0.3 is 0 Å². The summed E-state index contributed by atoms with van der Waals surface area (Å²) in [6.45, 7) is 3.64. The summed E-state index contributed by atoms with van der Waals surface area (Å²) in [5.74, 6) is 0. The van der Waals surface area contributed by atoms with Gasteiger partial charge in [0.25, 0.3) is 0 Å². The van der Waals surface area contributed by atoms with Crippen molar-refractivity contribution in [3.63, 3.8) is 0 Å². The highest BCUT2D eigenvalue weighted by atomic mass is 16.5. The fourth-order valence-electron chi connectivity index (χ4n) is 3.13. The molecule has 0 amide bonds. The molecule has 1 saturated carbocycles. The largest absolute Gasteiger partial charge is 0.378 e. The molecule has 3 nitrogen and oxygen atoms in total. The zero-order chi connectivity index (χ0) is 12.4. The molecule has 2 fully saturated rings. The van der Waals surface area contributed by atoms with Gasteiger partial charge in [0, 0.05) is 24.3 Å². The molecule has 0 aromatic heterocycles. The molecular formula is C15H22N2O. The van der Waals surface area contributed by atoms with Crippen LogP contribution in [0.3, 0.4) is 0 Å². The van der Waals surface area contributed by atoms with Crippen molar-refractivity contribution in [2.75, 3.05) is 31.2 Å². The van der Waals surface area contributed by atoms with Crippen molar-refractivity contribution in [3.8, 4) is 0 Å². The zero-order valence-corrected chi connectivity index (χ0v) is 10.9. The minimum atomic E-state index is -0.0811. The summed E-state index contributed by atoms with van der Waals surface area (Å²) in [6, 6.07) is 8.81. The van der Waals surface area contributed by atoms with Crippen LogP contribution in [0.1, 0.15) is 31.2 Å². The third-order valence-corrected chi connectivity index (χ3v) is 4.29. The van der Waals surface area contributed by atoms with Crippen LogP contribution in [0.2, 0.25) is 0 Å². The first-order chi connectivity index (χ1) is 8.78. The van der Waals surface area contributed by atoms with Crippen molar-refractivity contribution in [2.45, 2.75) is 31.2 Å². The van der Waals surface area contributed by atoms with Crippen LogP contribution < -0.4 is 10.6 Å². The Hall–Kier alpha value is -1.06. The highest BCUT2D eigenvalue weighted by Crippen LogP contribution is 2.37. The van der Waals surface area contributed by atoms with Crippen LogP contribution >= 0.6 is 0 Å². The standard InChI is InChI=1S/C15H22N2O/c16-15(6-1-2-7-15)13-4-3-5-14(12-13)17-8-10-18-11-9-17/h3-5,12H,1-2,6-11,16H2. The number of rotatable bonds is 2. The number of hydrogen-bond donors (Lipinski definition) is 1. The molecule has 3 rings (SSSR count). The Bertz CT molecular complexity index is 407. The molecule has 0 unspecified atom stereocenters. The Balaban J connectivity index is 1.84. The predicted octanol–water partition coefficient (Wildman–Crippen LogP) is 2.25. The lowest BCUT2D eigenvalue weighted by Gasteiger charge is -2.31. The van der Waals surface area contributed by atoms with E-state index in [9.17, 15) is 0 Å². The monoisotopic (exact) mass is 246 g/mol. The first-order valence-corrected chi connectivity index (χ1v) is 7.00. The van der Waals surface area contributed by atoms with Crippen molar-refractivity contribution >= 4 is 5.69 Å². The fraction of sp³-hybridized carbons (Fsp3) is 0.600. The number of benzene rings is 1. The second kappa shape index (κ2) is 4.90. The van der Waals surface area contributed by atoms with Gasteiger partial charge in [0.05, 0.1) is 13.2 Å². The minimum Gasteiger partial charge on any atom is -0.378 e. The molecule has 1 aromatic rings. The molecular weight excluding hydrogens is 224 g/mol. The Labute approximate surface area is 109 Å². The van der Waals surface area contributed by atoms with Crippen LogP contribution in [-0.4, -0.2) is 26.3 Å². The maximum Gasteiger partial charge on any atom is 0.0642 e. The van der Waals surface area contributed by atoms with E-state index in [0.717, 1.165) is 39.1 Å². The normalized spacial score (nSPS) is 23.3. The van der Waals surface area contributed by atoms with Crippen LogP contribution in [0, 0.1) is 0 Å². The van der Waals surface area contributed by atoms with Crippen molar-refractivity contribution in [3.05, 3.63) is 29.8 Å². The van der Waals surface area contributed by atoms with E-state index in [-0.39, 0.29) is 5.54 Å². The van der Waals surface area contributed by atoms with Gasteiger partial charge in [-0.2, -0.15) is 0 Å². The van der Waals surface area contributed by atoms with E-state index in [2.05, 4.69) is 29.2 Å². The van der Waals surface area contributed by atoms with Crippen LogP contribution in [-0.2, 0) is 10.3 Å².